The summed E-state index contributed by atoms with van der Waals surface area (Å²) in [4.78, 5) is 6.19. The van der Waals surface area contributed by atoms with Crippen LogP contribution in [-0.2, 0) is 6.54 Å². The molecule has 0 aromatic carbocycles. The van der Waals surface area contributed by atoms with Crippen molar-refractivity contribution in [2.45, 2.75) is 37.8 Å². The highest BCUT2D eigenvalue weighted by atomic mass is 32.2. The van der Waals surface area contributed by atoms with E-state index in [9.17, 15) is 0 Å². The predicted octanol–water partition coefficient (Wildman–Crippen LogP) is 3.47. The van der Waals surface area contributed by atoms with Crippen molar-refractivity contribution >= 4 is 34.9 Å². The molecule has 2 atom stereocenters. The molecule has 0 radical (unpaired) electrons. The van der Waals surface area contributed by atoms with E-state index in [-0.39, 0.29) is 0 Å². The van der Waals surface area contributed by atoms with Crippen molar-refractivity contribution in [1.82, 2.24) is 10.3 Å². The molecule has 0 saturated carbocycles. The average molecular weight is 289 g/mol. The molecule has 0 bridgehead atoms. The first-order valence-electron chi connectivity index (χ1n) is 6.12. The summed E-state index contributed by atoms with van der Waals surface area (Å²) in [5.41, 5.74) is 1.22. The molecule has 1 aliphatic rings. The second kappa shape index (κ2) is 6.45. The lowest BCUT2D eigenvalue weighted by atomic mass is 10.3. The van der Waals surface area contributed by atoms with Crippen LogP contribution in [0.15, 0.2) is 0 Å². The Labute approximate surface area is 116 Å². The van der Waals surface area contributed by atoms with E-state index in [2.05, 4.69) is 49.6 Å². The van der Waals surface area contributed by atoms with Gasteiger partial charge in [0.15, 0.2) is 0 Å². The summed E-state index contributed by atoms with van der Waals surface area (Å²) in [6, 6.07) is 0. The van der Waals surface area contributed by atoms with Crippen LogP contribution in [0.5, 0.6) is 0 Å². The van der Waals surface area contributed by atoms with Gasteiger partial charge in [-0.3, -0.25) is 0 Å². The van der Waals surface area contributed by atoms with E-state index in [0.29, 0.717) is 10.5 Å². The molecule has 0 amide bonds. The van der Waals surface area contributed by atoms with E-state index in [0.717, 1.165) is 13.1 Å². The van der Waals surface area contributed by atoms with Crippen LogP contribution in [0.3, 0.4) is 0 Å². The Hall–Kier alpha value is 0.290. The number of hydrogen-bond donors (Lipinski definition) is 1. The van der Waals surface area contributed by atoms with E-state index in [1.807, 2.05) is 11.3 Å². The summed E-state index contributed by atoms with van der Waals surface area (Å²) in [5.74, 6) is 2.55. The van der Waals surface area contributed by atoms with Gasteiger partial charge in [-0.2, -0.15) is 11.8 Å². The number of thioether (sulfide) groups is 2. The molecule has 1 saturated heterocycles. The zero-order chi connectivity index (χ0) is 12.3. The normalized spacial score (nSPS) is 25.1. The summed E-state index contributed by atoms with van der Waals surface area (Å²) in [7, 11) is 0. The van der Waals surface area contributed by atoms with Gasteiger partial charge in [0.2, 0.25) is 0 Å². The van der Waals surface area contributed by atoms with Crippen LogP contribution in [0.4, 0.5) is 0 Å². The van der Waals surface area contributed by atoms with Gasteiger partial charge in [0.05, 0.1) is 10.9 Å². The zero-order valence-corrected chi connectivity index (χ0v) is 13.1. The number of nitrogens with zero attached hydrogens (tertiary/aromatic N) is 1. The summed E-state index contributed by atoms with van der Waals surface area (Å²) >= 11 is 6.06. The Morgan fingerprint density at radius 2 is 2.12 bits per heavy atom. The molecule has 1 aliphatic heterocycles. The lowest BCUT2D eigenvalue weighted by Gasteiger charge is -2.25. The molecule has 17 heavy (non-hydrogen) atoms. The number of aryl methyl sites for hydroxylation is 1. The molecule has 2 rings (SSSR count). The van der Waals surface area contributed by atoms with E-state index in [1.54, 1.807) is 0 Å². The number of nitrogens with one attached hydrogen (secondary N) is 1. The van der Waals surface area contributed by atoms with Gasteiger partial charge < -0.3 is 5.32 Å². The second-order valence-electron chi connectivity index (χ2n) is 4.21. The zero-order valence-electron chi connectivity index (χ0n) is 10.7. The highest BCUT2D eigenvalue weighted by Gasteiger charge is 2.27. The van der Waals surface area contributed by atoms with Crippen molar-refractivity contribution in [2.24, 2.45) is 0 Å². The van der Waals surface area contributed by atoms with Crippen molar-refractivity contribution in [3.63, 3.8) is 0 Å². The van der Waals surface area contributed by atoms with Crippen LogP contribution in [0.2, 0.25) is 0 Å². The minimum absolute atomic E-state index is 0.604. The van der Waals surface area contributed by atoms with Crippen LogP contribution >= 0.6 is 34.9 Å². The Bertz CT molecular complexity index is 365. The SMILES string of the molecule is CCNCc1sc(C2SCCSC2C)nc1C. The fourth-order valence-electron chi connectivity index (χ4n) is 1.88. The van der Waals surface area contributed by atoms with E-state index >= 15 is 0 Å². The van der Waals surface area contributed by atoms with Gasteiger partial charge >= 0.3 is 0 Å². The standard InChI is InChI=1S/C12H20N2S3/c1-4-13-7-10-8(2)14-12(17-10)11-9(3)15-5-6-16-11/h9,11,13H,4-7H2,1-3H3. The first-order valence-corrected chi connectivity index (χ1v) is 9.04. The average Bonchev–Trinajstić information content (AvgIpc) is 2.68. The van der Waals surface area contributed by atoms with Crippen molar-refractivity contribution in [3.05, 3.63) is 15.6 Å². The first-order chi connectivity index (χ1) is 8.22. The van der Waals surface area contributed by atoms with E-state index < -0.39 is 0 Å². The first kappa shape index (κ1) is 13.7. The second-order valence-corrected chi connectivity index (χ2v) is 8.06. The van der Waals surface area contributed by atoms with Crippen LogP contribution < -0.4 is 5.32 Å². The van der Waals surface area contributed by atoms with Crippen LogP contribution in [0.1, 0.15) is 34.7 Å². The van der Waals surface area contributed by atoms with Gasteiger partial charge in [-0.25, -0.2) is 4.98 Å². The summed E-state index contributed by atoms with van der Waals surface area (Å²) in [6.07, 6.45) is 0. The summed E-state index contributed by atoms with van der Waals surface area (Å²) < 4.78 is 0. The van der Waals surface area contributed by atoms with Gasteiger partial charge in [0.1, 0.15) is 5.01 Å². The molecule has 0 aliphatic carbocycles. The van der Waals surface area contributed by atoms with Gasteiger partial charge in [-0.15, -0.1) is 23.1 Å². The third-order valence-electron chi connectivity index (χ3n) is 2.88. The highest BCUT2D eigenvalue weighted by Crippen LogP contribution is 2.44. The van der Waals surface area contributed by atoms with E-state index in [4.69, 9.17) is 4.98 Å². The Kier molecular flexibility index (Phi) is 5.21. The number of aromatic nitrogens is 1. The molecular formula is C12H20N2S3. The molecular weight excluding hydrogens is 268 g/mol. The van der Waals surface area contributed by atoms with Crippen LogP contribution in [-0.4, -0.2) is 28.3 Å². The Balaban J connectivity index is 2.10. The van der Waals surface area contributed by atoms with Crippen molar-refractivity contribution < 1.29 is 0 Å². The van der Waals surface area contributed by atoms with Crippen molar-refractivity contribution in [2.75, 3.05) is 18.1 Å². The fourth-order valence-corrected chi connectivity index (χ4v) is 6.07. The Morgan fingerprint density at radius 3 is 2.82 bits per heavy atom. The monoisotopic (exact) mass is 288 g/mol. The van der Waals surface area contributed by atoms with Crippen molar-refractivity contribution in [3.8, 4) is 0 Å². The maximum atomic E-state index is 4.78. The minimum Gasteiger partial charge on any atom is -0.312 e. The summed E-state index contributed by atoms with van der Waals surface area (Å²) in [6.45, 7) is 8.61. The third kappa shape index (κ3) is 3.40. The lowest BCUT2D eigenvalue weighted by Crippen LogP contribution is -2.15. The molecule has 2 heterocycles. The van der Waals surface area contributed by atoms with Crippen LogP contribution in [0, 0.1) is 6.92 Å². The lowest BCUT2D eigenvalue weighted by molar-refractivity contribution is 0.730. The maximum absolute atomic E-state index is 4.78. The molecule has 1 fully saturated rings. The highest BCUT2D eigenvalue weighted by molar-refractivity contribution is 8.06. The minimum atomic E-state index is 0.604. The number of hydrogen-bond acceptors (Lipinski definition) is 5. The largest absolute Gasteiger partial charge is 0.312 e. The molecule has 2 nitrogen and oxygen atoms in total. The molecule has 2 unspecified atom stereocenters. The fraction of sp³-hybridized carbons (Fsp3) is 0.750. The third-order valence-corrected chi connectivity index (χ3v) is 7.36. The Morgan fingerprint density at radius 1 is 1.35 bits per heavy atom. The van der Waals surface area contributed by atoms with Crippen LogP contribution in [0.25, 0.3) is 0 Å². The topological polar surface area (TPSA) is 24.9 Å². The smallest absolute Gasteiger partial charge is 0.107 e. The quantitative estimate of drug-likeness (QED) is 0.917. The molecule has 96 valence electrons. The van der Waals surface area contributed by atoms with Crippen molar-refractivity contribution in [1.29, 1.82) is 0 Å². The molecule has 1 N–H and O–H groups in total. The van der Waals surface area contributed by atoms with Gasteiger partial charge in [0, 0.05) is 28.2 Å². The van der Waals surface area contributed by atoms with Gasteiger partial charge in [-0.1, -0.05) is 13.8 Å². The molecule has 1 aromatic rings. The maximum Gasteiger partial charge on any atom is 0.107 e. The van der Waals surface area contributed by atoms with Gasteiger partial charge in [-0.05, 0) is 13.5 Å². The molecule has 0 spiro atoms. The predicted molar refractivity (Wildman–Crippen MR) is 81.4 cm³/mol. The summed E-state index contributed by atoms with van der Waals surface area (Å²) in [5, 5.41) is 6.03. The van der Waals surface area contributed by atoms with E-state index in [1.165, 1.54) is 27.1 Å². The molecule has 1 aromatic heterocycles. The number of thiazole rings is 1. The number of rotatable bonds is 4. The molecule has 5 heteroatoms. The van der Waals surface area contributed by atoms with Gasteiger partial charge in [0.25, 0.3) is 0 Å².